The van der Waals surface area contributed by atoms with Crippen LogP contribution < -0.4 is 44.7 Å². The van der Waals surface area contributed by atoms with Gasteiger partial charge in [-0.25, -0.2) is 0 Å². The molecule has 6 heteroatoms. The van der Waals surface area contributed by atoms with Crippen LogP contribution in [0.25, 0.3) is 16.8 Å². The van der Waals surface area contributed by atoms with Crippen LogP contribution in [-0.2, 0) is 10.4 Å². The second-order valence-corrected chi connectivity index (χ2v) is 11.0. The molecule has 0 atom stereocenters. The van der Waals surface area contributed by atoms with Crippen molar-refractivity contribution in [1.82, 2.24) is 5.32 Å². The van der Waals surface area contributed by atoms with E-state index in [0.29, 0.717) is 18.5 Å². The molecule has 0 unspecified atom stereocenters. The predicted molar refractivity (Wildman–Crippen MR) is 166 cm³/mol. The minimum Gasteiger partial charge on any atom is -0.550 e. The van der Waals surface area contributed by atoms with Gasteiger partial charge in [-0.2, -0.15) is 0 Å². The van der Waals surface area contributed by atoms with E-state index in [1.165, 1.54) is 0 Å². The van der Waals surface area contributed by atoms with Crippen molar-refractivity contribution in [2.75, 3.05) is 6.54 Å². The number of amides is 1. The van der Waals surface area contributed by atoms with E-state index in [-0.39, 0.29) is 41.9 Å². The fraction of sp³-hybridized carbons (Fsp3) is 0.297. The molecule has 0 saturated carbocycles. The molecule has 0 aliphatic carbocycles. The number of nitrogens with one attached hydrogen (secondary N) is 1. The van der Waals surface area contributed by atoms with E-state index in [4.69, 9.17) is 4.74 Å². The number of carbonyl (C=O) groups excluding carboxylic acids is 2. The molecule has 1 heterocycles. The molecule has 1 aliphatic rings. The molecular weight excluding hydrogens is 545 g/mol. The van der Waals surface area contributed by atoms with Crippen LogP contribution in [0.1, 0.15) is 84.8 Å². The first kappa shape index (κ1) is 32.5. The van der Waals surface area contributed by atoms with E-state index in [1.54, 1.807) is 0 Å². The number of fused-ring (bicyclic) bond motifs is 3. The molecule has 0 bridgehead atoms. The molecule has 0 saturated heterocycles. The van der Waals surface area contributed by atoms with Crippen molar-refractivity contribution in [2.24, 2.45) is 0 Å². The van der Waals surface area contributed by atoms with Gasteiger partial charge >= 0.3 is 29.6 Å². The Bertz CT molecular complexity index is 1500. The average molecular weight is 584 g/mol. The molecule has 5 rings (SSSR count). The maximum atomic E-state index is 13.2. The van der Waals surface area contributed by atoms with Crippen LogP contribution in [-0.4, -0.2) is 18.4 Å². The summed E-state index contributed by atoms with van der Waals surface area (Å²) >= 11 is 0. The third-order valence-electron chi connectivity index (χ3n) is 8.06. The van der Waals surface area contributed by atoms with Crippen LogP contribution in [0, 0.1) is 0 Å². The Kier molecular flexibility index (Phi) is 12.0. The summed E-state index contributed by atoms with van der Waals surface area (Å²) in [7, 11) is 0. The normalized spacial score (nSPS) is 13.0. The zero-order valence-electron chi connectivity index (χ0n) is 25.0. The number of carbonyl (C=O) groups is 2. The van der Waals surface area contributed by atoms with E-state index in [1.807, 2.05) is 60.7 Å². The van der Waals surface area contributed by atoms with Crippen LogP contribution in [0.15, 0.2) is 97.1 Å². The molecule has 216 valence electrons. The fourth-order valence-electron chi connectivity index (χ4n) is 5.83. The molecule has 43 heavy (non-hydrogen) atoms. The third-order valence-corrected chi connectivity index (χ3v) is 8.06. The maximum Gasteiger partial charge on any atom is 1.00 e. The summed E-state index contributed by atoms with van der Waals surface area (Å²) in [6.07, 6.45) is 12.5. The number of hydrogen-bond acceptors (Lipinski definition) is 4. The molecule has 0 fully saturated rings. The molecule has 1 N–H and O–H groups in total. The molecule has 1 aliphatic heterocycles. The van der Waals surface area contributed by atoms with Crippen LogP contribution in [0.2, 0.25) is 0 Å². The Morgan fingerprint density at radius 3 is 1.91 bits per heavy atom. The predicted octanol–water partition coefficient (Wildman–Crippen LogP) is 4.18. The van der Waals surface area contributed by atoms with Crippen molar-refractivity contribution in [1.29, 1.82) is 0 Å². The van der Waals surface area contributed by atoms with Gasteiger partial charge in [-0.3, -0.25) is 4.79 Å². The van der Waals surface area contributed by atoms with Crippen molar-refractivity contribution in [2.45, 2.75) is 63.4 Å². The molecule has 5 nitrogen and oxygen atoms in total. The van der Waals surface area contributed by atoms with Gasteiger partial charge in [-0.15, -0.1) is 0 Å². The molecule has 0 aromatic heterocycles. The summed E-state index contributed by atoms with van der Waals surface area (Å²) in [5.74, 6) is -0.231. The number of carboxylic acid groups (broad SMARTS) is 1. The van der Waals surface area contributed by atoms with E-state index in [0.717, 1.165) is 78.2 Å². The number of carboxylic acids is 1. The van der Waals surface area contributed by atoms with Gasteiger partial charge in [-0.1, -0.05) is 111 Å². The van der Waals surface area contributed by atoms with E-state index in [9.17, 15) is 14.7 Å². The Balaban J connectivity index is 0.00000423. The number of benzene rings is 4. The molecule has 4 aromatic rings. The molecule has 4 aromatic carbocycles. The number of rotatable bonds is 14. The Morgan fingerprint density at radius 2 is 1.28 bits per heavy atom. The number of aliphatic carboxylic acids is 1. The van der Waals surface area contributed by atoms with Crippen LogP contribution >= 0.6 is 0 Å². The molecular formula is C37H38NNaO4. The summed E-state index contributed by atoms with van der Waals surface area (Å²) in [6, 6.07) is 30.4. The van der Waals surface area contributed by atoms with Crippen molar-refractivity contribution >= 4 is 28.7 Å². The van der Waals surface area contributed by atoms with Gasteiger partial charge in [0.1, 0.15) is 5.75 Å². The van der Waals surface area contributed by atoms with Gasteiger partial charge in [-0.05, 0) is 60.4 Å². The average Bonchev–Trinajstić information content (AvgIpc) is 3.03. The van der Waals surface area contributed by atoms with Crippen molar-refractivity contribution in [3.8, 4) is 5.75 Å². The monoisotopic (exact) mass is 583 g/mol. The van der Waals surface area contributed by atoms with Gasteiger partial charge in [0.05, 0.1) is 0 Å². The van der Waals surface area contributed by atoms with Crippen molar-refractivity contribution in [3.63, 3.8) is 0 Å². The smallest absolute Gasteiger partial charge is 0.550 e. The van der Waals surface area contributed by atoms with Crippen molar-refractivity contribution < 1.29 is 49.0 Å². The molecule has 1 amide bonds. The fourth-order valence-corrected chi connectivity index (χ4v) is 5.83. The summed E-state index contributed by atoms with van der Waals surface area (Å²) in [5, 5.41) is 15.5. The SMILES string of the molecule is O=C([O-])CCCCCCCCCCNC(=O)c1cccc2c3c(ccc12)OC(c1ccccc1)(c1ccccc1)C=C3.[Na+]. The first-order chi connectivity index (χ1) is 20.6. The summed E-state index contributed by atoms with van der Waals surface area (Å²) < 4.78 is 6.84. The summed E-state index contributed by atoms with van der Waals surface area (Å²) in [4.78, 5) is 23.6. The standard InChI is InChI=1S/C37H39NO4.Na/c39-35(40)22-13-5-3-1-2-4-6-14-27-38-36(41)33-21-15-20-30-31(33)23-24-34-32(30)25-26-37(42-34,28-16-9-7-10-17-28)29-18-11-8-12-19-29;/h7-12,15-21,23-26H,1-6,13-14,22,27H2,(H,38,41)(H,39,40);/q;+1/p-1. The van der Waals surface area contributed by atoms with E-state index < -0.39 is 11.6 Å². The Hall–Kier alpha value is -3.38. The first-order valence-electron chi connectivity index (χ1n) is 15.1. The van der Waals surface area contributed by atoms with Crippen LogP contribution in [0.3, 0.4) is 0 Å². The topological polar surface area (TPSA) is 78.5 Å². The van der Waals surface area contributed by atoms with Gasteiger partial charge in [0.25, 0.3) is 5.91 Å². The molecule has 0 radical (unpaired) electrons. The first-order valence-corrected chi connectivity index (χ1v) is 15.1. The van der Waals surface area contributed by atoms with E-state index >= 15 is 0 Å². The van der Waals surface area contributed by atoms with Crippen LogP contribution in [0.4, 0.5) is 0 Å². The second kappa shape index (κ2) is 15.9. The molecule has 0 spiro atoms. The number of unbranched alkanes of at least 4 members (excludes halogenated alkanes) is 7. The zero-order valence-corrected chi connectivity index (χ0v) is 27.0. The van der Waals surface area contributed by atoms with Gasteiger partial charge in [0, 0.05) is 34.8 Å². The number of ether oxygens (including phenoxy) is 1. The number of hydrogen-bond donors (Lipinski definition) is 1. The maximum absolute atomic E-state index is 13.2. The Morgan fingerprint density at radius 1 is 0.674 bits per heavy atom. The van der Waals surface area contributed by atoms with E-state index in [2.05, 4.69) is 47.8 Å². The quantitative estimate of drug-likeness (QED) is 0.179. The summed E-state index contributed by atoms with van der Waals surface area (Å²) in [5.41, 5.74) is 3.02. The van der Waals surface area contributed by atoms with Gasteiger partial charge in [0.15, 0.2) is 5.60 Å². The minimum absolute atomic E-state index is 0. The summed E-state index contributed by atoms with van der Waals surface area (Å²) in [6.45, 7) is 0.644. The largest absolute Gasteiger partial charge is 1.00 e. The Labute approximate surface area is 276 Å². The van der Waals surface area contributed by atoms with Crippen molar-refractivity contribution in [3.05, 3.63) is 119 Å². The zero-order chi connectivity index (χ0) is 29.2. The van der Waals surface area contributed by atoms with Gasteiger partial charge < -0.3 is 20.0 Å². The van der Waals surface area contributed by atoms with Crippen LogP contribution in [0.5, 0.6) is 5.75 Å². The van der Waals surface area contributed by atoms with Gasteiger partial charge in [0.2, 0.25) is 0 Å². The third kappa shape index (κ3) is 7.97. The second-order valence-electron chi connectivity index (χ2n) is 11.0. The minimum atomic E-state index is -0.959.